The van der Waals surface area contributed by atoms with Crippen molar-refractivity contribution in [1.82, 2.24) is 4.90 Å². The first-order valence-electron chi connectivity index (χ1n) is 8.26. The maximum Gasteiger partial charge on any atom is 0.225 e. The van der Waals surface area contributed by atoms with Crippen molar-refractivity contribution in [2.75, 3.05) is 13.1 Å². The van der Waals surface area contributed by atoms with E-state index < -0.39 is 0 Å². The van der Waals surface area contributed by atoms with Gasteiger partial charge in [-0.3, -0.25) is 4.79 Å². The van der Waals surface area contributed by atoms with Gasteiger partial charge in [0.05, 0.1) is 0 Å². The van der Waals surface area contributed by atoms with Gasteiger partial charge >= 0.3 is 0 Å². The predicted octanol–water partition coefficient (Wildman–Crippen LogP) is 2.98. The van der Waals surface area contributed by atoms with E-state index in [-0.39, 0.29) is 23.7 Å². The summed E-state index contributed by atoms with van der Waals surface area (Å²) in [6, 6.07) is 6.83. The van der Waals surface area contributed by atoms with Crippen LogP contribution in [0.25, 0.3) is 0 Å². The Labute approximate surface area is 132 Å². The van der Waals surface area contributed by atoms with E-state index in [4.69, 9.17) is 5.73 Å². The van der Waals surface area contributed by atoms with Gasteiger partial charge in [-0.2, -0.15) is 0 Å². The number of aryl methyl sites for hydroxylation is 1. The quantitative estimate of drug-likeness (QED) is 0.909. The second-order valence-electron chi connectivity index (χ2n) is 6.59. The number of hydrogen-bond acceptors (Lipinski definition) is 2. The molecule has 2 rings (SSSR count). The van der Waals surface area contributed by atoms with Gasteiger partial charge in [0.25, 0.3) is 0 Å². The molecule has 1 aromatic carbocycles. The van der Waals surface area contributed by atoms with Gasteiger partial charge in [-0.05, 0) is 56.2 Å². The summed E-state index contributed by atoms with van der Waals surface area (Å²) in [7, 11) is 0. The average Bonchev–Trinajstić information content (AvgIpc) is 2.52. The number of carbonyl (C=O) groups excluding carboxylic acids is 1. The van der Waals surface area contributed by atoms with Crippen molar-refractivity contribution in [1.29, 1.82) is 0 Å². The summed E-state index contributed by atoms with van der Waals surface area (Å²) in [5.41, 5.74) is 6.89. The minimum absolute atomic E-state index is 0.0184. The molecule has 0 bridgehead atoms. The van der Waals surface area contributed by atoms with E-state index in [1.165, 1.54) is 6.07 Å². The number of piperidine rings is 1. The van der Waals surface area contributed by atoms with Crippen molar-refractivity contribution in [3.05, 3.63) is 35.6 Å². The number of likely N-dealkylation sites (tertiary alicyclic amines) is 1. The normalized spacial score (nSPS) is 19.0. The van der Waals surface area contributed by atoms with E-state index in [0.29, 0.717) is 5.92 Å². The van der Waals surface area contributed by atoms with E-state index in [2.05, 4.69) is 0 Å². The Kier molecular flexibility index (Phi) is 5.95. The molecule has 3 nitrogen and oxygen atoms in total. The minimum atomic E-state index is -0.213. The molecule has 2 N–H and O–H groups in total. The lowest BCUT2D eigenvalue weighted by Crippen LogP contribution is -2.44. The molecule has 1 aliphatic heterocycles. The summed E-state index contributed by atoms with van der Waals surface area (Å²) in [4.78, 5) is 14.5. The zero-order valence-corrected chi connectivity index (χ0v) is 13.6. The molecule has 1 aromatic rings. The van der Waals surface area contributed by atoms with E-state index in [0.717, 1.165) is 44.3 Å². The standard InChI is InChI=1S/C18H27FN2O/c1-13(6-7-15-4-3-5-17(19)12-15)18(22)21-10-8-16(9-11-21)14(2)20/h3-5,12-14,16H,6-11,20H2,1-2H3. The fourth-order valence-electron chi connectivity index (χ4n) is 3.16. The van der Waals surface area contributed by atoms with Crippen LogP contribution in [0.1, 0.15) is 38.7 Å². The van der Waals surface area contributed by atoms with Gasteiger partial charge < -0.3 is 10.6 Å². The molecule has 0 radical (unpaired) electrons. The maximum atomic E-state index is 13.2. The van der Waals surface area contributed by atoms with Crippen LogP contribution in [0.2, 0.25) is 0 Å². The van der Waals surface area contributed by atoms with Crippen molar-refractivity contribution in [2.45, 2.75) is 45.6 Å². The van der Waals surface area contributed by atoms with Gasteiger partial charge in [-0.15, -0.1) is 0 Å². The van der Waals surface area contributed by atoms with Gasteiger partial charge in [-0.25, -0.2) is 4.39 Å². The van der Waals surface area contributed by atoms with Crippen LogP contribution in [-0.4, -0.2) is 29.9 Å². The maximum absolute atomic E-state index is 13.2. The van der Waals surface area contributed by atoms with Crippen LogP contribution < -0.4 is 5.73 Å². The molecule has 0 saturated carbocycles. The molecule has 1 saturated heterocycles. The van der Waals surface area contributed by atoms with Gasteiger partial charge in [0.2, 0.25) is 5.91 Å². The summed E-state index contributed by atoms with van der Waals surface area (Å²) >= 11 is 0. The largest absolute Gasteiger partial charge is 0.342 e. The van der Waals surface area contributed by atoms with Crippen LogP contribution in [-0.2, 0) is 11.2 Å². The van der Waals surface area contributed by atoms with Gasteiger partial charge in [0, 0.05) is 25.0 Å². The zero-order valence-electron chi connectivity index (χ0n) is 13.6. The molecule has 0 aliphatic carbocycles. The highest BCUT2D eigenvalue weighted by molar-refractivity contribution is 5.78. The predicted molar refractivity (Wildman–Crippen MR) is 86.8 cm³/mol. The first-order valence-corrected chi connectivity index (χ1v) is 8.26. The molecule has 2 unspecified atom stereocenters. The van der Waals surface area contributed by atoms with Crippen LogP contribution >= 0.6 is 0 Å². The molecule has 0 spiro atoms. The molecule has 1 fully saturated rings. The van der Waals surface area contributed by atoms with E-state index in [1.54, 1.807) is 12.1 Å². The summed E-state index contributed by atoms with van der Waals surface area (Å²) in [6.07, 6.45) is 3.50. The number of hydrogen-bond donors (Lipinski definition) is 1. The molecule has 0 aromatic heterocycles. The van der Waals surface area contributed by atoms with Crippen LogP contribution in [0.5, 0.6) is 0 Å². The van der Waals surface area contributed by atoms with Gasteiger partial charge in [0.1, 0.15) is 5.82 Å². The SMILES string of the molecule is CC(CCc1cccc(F)c1)C(=O)N1CCC(C(C)N)CC1. The molecule has 1 amide bonds. The second kappa shape index (κ2) is 7.73. The molecule has 4 heteroatoms. The Bertz CT molecular complexity index is 496. The van der Waals surface area contributed by atoms with Gasteiger partial charge in [0.15, 0.2) is 0 Å². The monoisotopic (exact) mass is 306 g/mol. The second-order valence-corrected chi connectivity index (χ2v) is 6.59. The van der Waals surface area contributed by atoms with Crippen molar-refractivity contribution in [2.24, 2.45) is 17.6 Å². The lowest BCUT2D eigenvalue weighted by molar-refractivity contribution is -0.136. The molecular formula is C18H27FN2O. The van der Waals surface area contributed by atoms with Crippen LogP contribution in [0, 0.1) is 17.7 Å². The minimum Gasteiger partial charge on any atom is -0.342 e. The smallest absolute Gasteiger partial charge is 0.225 e. The highest BCUT2D eigenvalue weighted by Crippen LogP contribution is 2.22. The number of rotatable bonds is 5. The third kappa shape index (κ3) is 4.54. The van der Waals surface area contributed by atoms with E-state index in [1.807, 2.05) is 24.8 Å². The molecule has 2 atom stereocenters. The third-order valence-electron chi connectivity index (χ3n) is 4.77. The van der Waals surface area contributed by atoms with E-state index in [9.17, 15) is 9.18 Å². The lowest BCUT2D eigenvalue weighted by atomic mass is 9.90. The summed E-state index contributed by atoms with van der Waals surface area (Å²) < 4.78 is 13.2. The fraction of sp³-hybridized carbons (Fsp3) is 0.611. The molecule has 1 heterocycles. The van der Waals surface area contributed by atoms with Crippen molar-refractivity contribution in [3.8, 4) is 0 Å². The number of nitrogens with two attached hydrogens (primary N) is 1. The van der Waals surface area contributed by atoms with Crippen molar-refractivity contribution < 1.29 is 9.18 Å². The highest BCUT2D eigenvalue weighted by atomic mass is 19.1. The lowest BCUT2D eigenvalue weighted by Gasteiger charge is -2.35. The third-order valence-corrected chi connectivity index (χ3v) is 4.77. The summed E-state index contributed by atoms with van der Waals surface area (Å²) in [6.45, 7) is 5.65. The number of amides is 1. The van der Waals surface area contributed by atoms with Crippen molar-refractivity contribution >= 4 is 5.91 Å². The number of benzene rings is 1. The van der Waals surface area contributed by atoms with Crippen molar-refractivity contribution in [3.63, 3.8) is 0 Å². The molecule has 122 valence electrons. The number of nitrogens with zero attached hydrogens (tertiary/aromatic N) is 1. The Hall–Kier alpha value is -1.42. The molecule has 22 heavy (non-hydrogen) atoms. The Morgan fingerprint density at radius 2 is 2.05 bits per heavy atom. The first kappa shape index (κ1) is 16.9. The first-order chi connectivity index (χ1) is 10.5. The molecular weight excluding hydrogens is 279 g/mol. The van der Waals surface area contributed by atoms with E-state index >= 15 is 0 Å². The van der Waals surface area contributed by atoms with Crippen LogP contribution in [0.15, 0.2) is 24.3 Å². The van der Waals surface area contributed by atoms with Gasteiger partial charge in [-0.1, -0.05) is 19.1 Å². The topological polar surface area (TPSA) is 46.3 Å². The summed E-state index contributed by atoms with van der Waals surface area (Å²) in [5, 5.41) is 0. The summed E-state index contributed by atoms with van der Waals surface area (Å²) in [5.74, 6) is 0.524. The Morgan fingerprint density at radius 1 is 1.36 bits per heavy atom. The Morgan fingerprint density at radius 3 is 2.64 bits per heavy atom. The number of halogens is 1. The van der Waals surface area contributed by atoms with Crippen LogP contribution in [0.4, 0.5) is 4.39 Å². The fourth-order valence-corrected chi connectivity index (χ4v) is 3.16. The molecule has 1 aliphatic rings. The average molecular weight is 306 g/mol. The van der Waals surface area contributed by atoms with Crippen LogP contribution in [0.3, 0.4) is 0 Å². The Balaban J connectivity index is 1.80. The number of carbonyl (C=O) groups is 1. The zero-order chi connectivity index (χ0) is 16.1. The highest BCUT2D eigenvalue weighted by Gasteiger charge is 2.27.